The highest BCUT2D eigenvalue weighted by atomic mass is 32.2. The molecule has 2 atom stereocenters. The molecule has 0 saturated carbocycles. The first kappa shape index (κ1) is 29.5. The van der Waals surface area contributed by atoms with Crippen LogP contribution in [0.1, 0.15) is 55.0 Å². The van der Waals surface area contributed by atoms with Crippen LogP contribution >= 0.6 is 0 Å². The van der Waals surface area contributed by atoms with Crippen molar-refractivity contribution >= 4 is 22.1 Å². The van der Waals surface area contributed by atoms with Gasteiger partial charge in [0, 0.05) is 36.2 Å². The number of fused-ring (bicyclic) bond motifs is 3. The second-order valence-electron chi connectivity index (χ2n) is 10.4. The molecule has 1 aliphatic heterocycles. The topological polar surface area (TPSA) is 128 Å². The number of sulfonamides is 1. The fraction of sp³-hybridized carbons (Fsp3) is 0.333. The van der Waals surface area contributed by atoms with Gasteiger partial charge in [0.1, 0.15) is 5.82 Å². The predicted molar refractivity (Wildman–Crippen MR) is 151 cm³/mol. The van der Waals surface area contributed by atoms with Crippen molar-refractivity contribution in [3.05, 3.63) is 82.8 Å². The number of carboxylic acids is 1. The lowest BCUT2D eigenvalue weighted by molar-refractivity contribution is -0.139. The summed E-state index contributed by atoms with van der Waals surface area (Å²) in [6.07, 6.45) is 1.23. The van der Waals surface area contributed by atoms with E-state index in [1.165, 1.54) is 22.5 Å². The number of carbonyl (C=O) groups is 1. The maximum Gasteiger partial charge on any atom is 0.305 e. The number of rotatable bonds is 9. The Balaban J connectivity index is 1.99. The first-order valence-corrected chi connectivity index (χ1v) is 14.8. The molecule has 8 nitrogen and oxygen atoms in total. The molecular weight excluding hydrogens is 535 g/mol. The smallest absolute Gasteiger partial charge is 0.305 e. The van der Waals surface area contributed by atoms with Gasteiger partial charge >= 0.3 is 5.97 Å². The third-order valence-electron chi connectivity index (χ3n) is 6.88. The van der Waals surface area contributed by atoms with E-state index >= 15 is 0 Å². The molecule has 4 rings (SSSR count). The molecule has 3 N–H and O–H groups in total. The molecule has 0 unspecified atom stereocenters. The summed E-state index contributed by atoms with van der Waals surface area (Å²) in [5.41, 5.74) is 5.52. The fourth-order valence-corrected chi connectivity index (χ4v) is 5.72. The number of aliphatic hydroxyl groups is 2. The van der Waals surface area contributed by atoms with Crippen molar-refractivity contribution < 1.29 is 32.9 Å². The van der Waals surface area contributed by atoms with Gasteiger partial charge in [-0.1, -0.05) is 62.4 Å². The Bertz CT molecular complexity index is 1540. The van der Waals surface area contributed by atoms with E-state index in [9.17, 15) is 27.8 Å². The van der Waals surface area contributed by atoms with Gasteiger partial charge in [0.15, 0.2) is 0 Å². The Labute approximate surface area is 233 Å². The van der Waals surface area contributed by atoms with Crippen molar-refractivity contribution in [2.45, 2.75) is 57.9 Å². The summed E-state index contributed by atoms with van der Waals surface area (Å²) >= 11 is 0. The van der Waals surface area contributed by atoms with Gasteiger partial charge in [-0.3, -0.25) is 9.78 Å². The van der Waals surface area contributed by atoms with E-state index in [0.29, 0.717) is 33.6 Å². The van der Waals surface area contributed by atoms with Crippen LogP contribution in [0.15, 0.2) is 54.6 Å². The number of benzene rings is 2. The third-order valence-corrected chi connectivity index (χ3v) is 8.07. The van der Waals surface area contributed by atoms with Crippen LogP contribution in [0.2, 0.25) is 0 Å². The summed E-state index contributed by atoms with van der Waals surface area (Å²) in [4.78, 5) is 16.0. The number of pyridine rings is 1. The summed E-state index contributed by atoms with van der Waals surface area (Å²) in [5, 5.41) is 29.5. The van der Waals surface area contributed by atoms with E-state index in [1.54, 1.807) is 18.2 Å². The van der Waals surface area contributed by atoms with E-state index in [4.69, 9.17) is 10.1 Å². The van der Waals surface area contributed by atoms with Crippen LogP contribution in [-0.4, -0.2) is 57.5 Å². The zero-order chi connectivity index (χ0) is 29.2. The summed E-state index contributed by atoms with van der Waals surface area (Å²) in [7, 11) is -3.62. The highest BCUT2D eigenvalue weighted by Gasteiger charge is 2.30. The Morgan fingerprint density at radius 1 is 1.10 bits per heavy atom. The van der Waals surface area contributed by atoms with Crippen LogP contribution in [0, 0.1) is 5.82 Å². The Hall–Kier alpha value is -3.44. The van der Waals surface area contributed by atoms with Crippen LogP contribution in [0.5, 0.6) is 0 Å². The molecule has 1 aliphatic rings. The van der Waals surface area contributed by atoms with Crippen LogP contribution in [-0.2, 0) is 27.9 Å². The predicted octanol–water partition coefficient (Wildman–Crippen LogP) is 4.55. The molecule has 0 bridgehead atoms. The summed E-state index contributed by atoms with van der Waals surface area (Å²) in [6, 6.07) is 13.4. The second-order valence-corrected chi connectivity index (χ2v) is 12.4. The normalized spacial score (nSPS) is 15.5. The minimum absolute atomic E-state index is 0.0294. The maximum atomic E-state index is 14.0. The van der Waals surface area contributed by atoms with Crippen molar-refractivity contribution in [3.8, 4) is 22.4 Å². The first-order chi connectivity index (χ1) is 18.8. The number of carboxylic acid groups (broad SMARTS) is 1. The lowest BCUT2D eigenvalue weighted by Gasteiger charge is -2.24. The van der Waals surface area contributed by atoms with E-state index in [-0.39, 0.29) is 25.4 Å². The van der Waals surface area contributed by atoms with E-state index < -0.39 is 40.4 Å². The Morgan fingerprint density at radius 3 is 2.40 bits per heavy atom. The van der Waals surface area contributed by atoms with Crippen LogP contribution in [0.4, 0.5) is 4.39 Å². The summed E-state index contributed by atoms with van der Waals surface area (Å²) < 4.78 is 41.1. The molecule has 0 saturated heterocycles. The first-order valence-electron chi connectivity index (χ1n) is 13.0. The van der Waals surface area contributed by atoms with Gasteiger partial charge in [0.05, 0.1) is 36.3 Å². The number of aliphatic carboxylic acids is 1. The molecule has 2 aromatic carbocycles. The van der Waals surface area contributed by atoms with Gasteiger partial charge in [0.2, 0.25) is 10.0 Å². The molecule has 1 aromatic heterocycles. The van der Waals surface area contributed by atoms with Crippen LogP contribution in [0.25, 0.3) is 28.5 Å². The zero-order valence-corrected chi connectivity index (χ0v) is 23.4. The maximum absolute atomic E-state index is 14.0. The Morgan fingerprint density at radius 2 is 1.77 bits per heavy atom. The summed E-state index contributed by atoms with van der Waals surface area (Å²) in [5.74, 6) is -1.67. The van der Waals surface area contributed by atoms with Crippen molar-refractivity contribution in [1.82, 2.24) is 9.29 Å². The number of halogens is 1. The summed E-state index contributed by atoms with van der Waals surface area (Å²) in [6.45, 7) is 4.14. The number of hydrogen-bond donors (Lipinski definition) is 3. The monoisotopic (exact) mass is 568 g/mol. The molecule has 3 aromatic rings. The van der Waals surface area contributed by atoms with E-state index in [1.807, 2.05) is 38.1 Å². The van der Waals surface area contributed by atoms with Crippen LogP contribution in [0.3, 0.4) is 0 Å². The van der Waals surface area contributed by atoms with Gasteiger partial charge in [0.25, 0.3) is 0 Å². The highest BCUT2D eigenvalue weighted by molar-refractivity contribution is 7.88. The number of hydrogen-bond acceptors (Lipinski definition) is 6. The number of aliphatic hydroxyl groups excluding tert-OH is 2. The Kier molecular flexibility index (Phi) is 8.84. The average Bonchev–Trinajstić information content (AvgIpc) is 3.03. The van der Waals surface area contributed by atoms with Gasteiger partial charge in [-0.25, -0.2) is 12.8 Å². The molecule has 0 radical (unpaired) electrons. The van der Waals surface area contributed by atoms with Gasteiger partial charge < -0.3 is 15.3 Å². The van der Waals surface area contributed by atoms with Crippen molar-refractivity contribution in [2.75, 3.05) is 6.26 Å². The van der Waals surface area contributed by atoms with Crippen LogP contribution < -0.4 is 0 Å². The largest absolute Gasteiger partial charge is 0.481 e. The molecule has 0 amide bonds. The molecule has 0 fully saturated rings. The highest BCUT2D eigenvalue weighted by Crippen LogP contribution is 2.42. The lowest BCUT2D eigenvalue weighted by Crippen LogP contribution is -2.28. The minimum Gasteiger partial charge on any atom is -0.481 e. The van der Waals surface area contributed by atoms with Gasteiger partial charge in [-0.2, -0.15) is 4.31 Å². The zero-order valence-electron chi connectivity index (χ0n) is 22.6. The molecule has 212 valence electrons. The average molecular weight is 569 g/mol. The lowest BCUT2D eigenvalue weighted by atomic mass is 9.87. The molecule has 10 heteroatoms. The molecule has 0 spiro atoms. The minimum atomic E-state index is -3.62. The van der Waals surface area contributed by atoms with Gasteiger partial charge in [-0.15, -0.1) is 0 Å². The molecule has 2 heterocycles. The quantitative estimate of drug-likeness (QED) is 0.345. The van der Waals surface area contributed by atoms with E-state index in [0.717, 1.165) is 17.4 Å². The molecular formula is C30H33FN2O6S. The number of nitrogens with zero attached hydrogens (tertiary/aromatic N) is 2. The van der Waals surface area contributed by atoms with Crippen molar-refractivity contribution in [1.29, 1.82) is 0 Å². The SMILES string of the molecule is CC(C)c1nc2c(c(-c3ccc(F)cc3)c1/C=C/[C@@H](O)C[C@@H](O)CC(=O)O)CN(S(C)(=O)=O)Cc1ccccc1-2. The molecule has 40 heavy (non-hydrogen) atoms. The van der Waals surface area contributed by atoms with E-state index in [2.05, 4.69) is 0 Å². The fourth-order valence-electron chi connectivity index (χ4n) is 4.98. The van der Waals surface area contributed by atoms with Gasteiger partial charge in [-0.05, 0) is 34.7 Å². The third kappa shape index (κ3) is 6.64. The second kappa shape index (κ2) is 12.0. The molecule has 0 aliphatic carbocycles. The number of aromatic nitrogens is 1. The van der Waals surface area contributed by atoms with Crippen molar-refractivity contribution in [3.63, 3.8) is 0 Å². The standard InChI is InChI=1S/C30H33FN2O6S/c1-18(2)29-25(13-12-22(34)14-23(35)15-27(36)37)28(19-8-10-21(31)11-9-19)26-17-33(40(3,38)39)16-20-6-4-5-7-24(20)30(26)32-29/h4-13,18,22-23,34-35H,14-17H2,1-3H3,(H,36,37)/b13-12+/t22-,23-/m1/s1. The van der Waals surface area contributed by atoms with Crippen molar-refractivity contribution in [2.24, 2.45) is 0 Å².